The molecule has 4 rings (SSSR count). The number of aromatic amines is 1. The molecule has 132 valence electrons. The second-order valence-corrected chi connectivity index (χ2v) is 6.32. The standard InChI is InChI=1S/C23H18N2O2/c26-22(16-7-2-1-3-8-16)17-9-6-10-18(13-17)23(27)25-15-19-14-24-21-12-5-4-11-20(19)21/h1-14,24H,15H2,(H,25,27). The van der Waals surface area contributed by atoms with Crippen molar-refractivity contribution in [2.24, 2.45) is 0 Å². The Bertz CT molecular complexity index is 1110. The summed E-state index contributed by atoms with van der Waals surface area (Å²) >= 11 is 0. The number of aromatic nitrogens is 1. The molecule has 4 heteroatoms. The summed E-state index contributed by atoms with van der Waals surface area (Å²) in [5.74, 6) is -0.301. The molecule has 0 bridgehead atoms. The first-order valence-corrected chi connectivity index (χ1v) is 8.75. The van der Waals surface area contributed by atoms with Crippen molar-refractivity contribution in [3.05, 3.63) is 107 Å². The summed E-state index contributed by atoms with van der Waals surface area (Å²) in [6.07, 6.45) is 1.90. The summed E-state index contributed by atoms with van der Waals surface area (Å²) in [5.41, 5.74) is 3.64. The van der Waals surface area contributed by atoms with Crippen molar-refractivity contribution < 1.29 is 9.59 Å². The monoisotopic (exact) mass is 354 g/mol. The molecule has 0 radical (unpaired) electrons. The van der Waals surface area contributed by atoms with E-state index in [-0.39, 0.29) is 11.7 Å². The number of benzene rings is 3. The van der Waals surface area contributed by atoms with Gasteiger partial charge in [0.15, 0.2) is 5.78 Å². The molecule has 0 spiro atoms. The number of carbonyl (C=O) groups excluding carboxylic acids is 2. The Morgan fingerprint density at radius 3 is 2.33 bits per heavy atom. The maximum Gasteiger partial charge on any atom is 0.251 e. The van der Waals surface area contributed by atoms with Gasteiger partial charge in [0, 0.05) is 40.3 Å². The SMILES string of the molecule is O=C(NCc1c[nH]c2ccccc12)c1cccc(C(=O)c2ccccc2)c1. The van der Waals surface area contributed by atoms with Crippen molar-refractivity contribution >= 4 is 22.6 Å². The molecule has 2 N–H and O–H groups in total. The zero-order valence-electron chi connectivity index (χ0n) is 14.6. The Morgan fingerprint density at radius 1 is 0.778 bits per heavy atom. The average molecular weight is 354 g/mol. The van der Waals surface area contributed by atoms with Crippen LogP contribution in [0.25, 0.3) is 10.9 Å². The molecule has 0 fully saturated rings. The van der Waals surface area contributed by atoms with Crippen LogP contribution in [0.4, 0.5) is 0 Å². The molecule has 0 unspecified atom stereocenters. The first kappa shape index (κ1) is 16.8. The van der Waals surface area contributed by atoms with Crippen molar-refractivity contribution in [1.29, 1.82) is 0 Å². The molecule has 0 aliphatic carbocycles. The van der Waals surface area contributed by atoms with Gasteiger partial charge in [-0.2, -0.15) is 0 Å². The highest BCUT2D eigenvalue weighted by Crippen LogP contribution is 2.17. The van der Waals surface area contributed by atoms with Gasteiger partial charge in [-0.05, 0) is 23.8 Å². The van der Waals surface area contributed by atoms with Crippen molar-refractivity contribution in [2.45, 2.75) is 6.54 Å². The van der Waals surface area contributed by atoms with Crippen LogP contribution < -0.4 is 5.32 Å². The largest absolute Gasteiger partial charge is 0.361 e. The molecule has 0 aliphatic heterocycles. The van der Waals surface area contributed by atoms with Crippen molar-refractivity contribution in [3.8, 4) is 0 Å². The first-order chi connectivity index (χ1) is 13.2. The van der Waals surface area contributed by atoms with E-state index in [1.165, 1.54) is 0 Å². The number of rotatable bonds is 5. The van der Waals surface area contributed by atoms with Gasteiger partial charge in [-0.3, -0.25) is 9.59 Å². The van der Waals surface area contributed by atoms with Gasteiger partial charge < -0.3 is 10.3 Å². The second kappa shape index (κ2) is 7.30. The summed E-state index contributed by atoms with van der Waals surface area (Å²) in [5, 5.41) is 4.02. The zero-order valence-corrected chi connectivity index (χ0v) is 14.6. The van der Waals surface area contributed by atoms with E-state index in [0.717, 1.165) is 16.5 Å². The molecule has 1 aromatic heterocycles. The van der Waals surface area contributed by atoms with Crippen LogP contribution in [0.3, 0.4) is 0 Å². The molecule has 1 heterocycles. The van der Waals surface area contributed by atoms with Gasteiger partial charge in [0.05, 0.1) is 0 Å². The van der Waals surface area contributed by atoms with Crippen molar-refractivity contribution in [3.63, 3.8) is 0 Å². The molecule has 1 amide bonds. The molecular weight excluding hydrogens is 336 g/mol. The van der Waals surface area contributed by atoms with Crippen molar-refractivity contribution in [1.82, 2.24) is 10.3 Å². The molecule has 4 aromatic rings. The number of ketones is 1. The number of fused-ring (bicyclic) bond motifs is 1. The molecule has 0 saturated heterocycles. The Hall–Kier alpha value is -3.66. The van der Waals surface area contributed by atoms with Crippen molar-refractivity contribution in [2.75, 3.05) is 0 Å². The minimum atomic E-state index is -0.206. The van der Waals surface area contributed by atoms with E-state index in [4.69, 9.17) is 0 Å². The maximum absolute atomic E-state index is 12.6. The summed E-state index contributed by atoms with van der Waals surface area (Å²) in [7, 11) is 0. The molecule has 27 heavy (non-hydrogen) atoms. The number of hydrogen-bond donors (Lipinski definition) is 2. The van der Waals surface area contributed by atoms with Gasteiger partial charge in [0.25, 0.3) is 5.91 Å². The van der Waals surface area contributed by atoms with E-state index in [0.29, 0.717) is 23.2 Å². The summed E-state index contributed by atoms with van der Waals surface area (Å²) in [6.45, 7) is 0.416. The van der Waals surface area contributed by atoms with E-state index in [9.17, 15) is 9.59 Å². The molecule has 4 nitrogen and oxygen atoms in total. The van der Waals surface area contributed by atoms with Gasteiger partial charge in [0.2, 0.25) is 0 Å². The van der Waals surface area contributed by atoms with E-state index in [1.807, 2.05) is 48.7 Å². The maximum atomic E-state index is 12.6. The predicted molar refractivity (Wildman–Crippen MR) is 106 cm³/mol. The number of hydrogen-bond acceptors (Lipinski definition) is 2. The van der Waals surface area contributed by atoms with E-state index in [2.05, 4.69) is 10.3 Å². The Labute approximate surface area is 156 Å². The van der Waals surface area contributed by atoms with E-state index in [1.54, 1.807) is 36.4 Å². The quantitative estimate of drug-likeness (QED) is 0.524. The number of amides is 1. The third-order valence-electron chi connectivity index (χ3n) is 4.54. The topological polar surface area (TPSA) is 62.0 Å². The molecular formula is C23H18N2O2. The van der Waals surface area contributed by atoms with Crippen LogP contribution in [-0.2, 0) is 6.54 Å². The lowest BCUT2D eigenvalue weighted by molar-refractivity contribution is 0.0951. The highest BCUT2D eigenvalue weighted by atomic mass is 16.1. The number of H-pyrrole nitrogens is 1. The fourth-order valence-electron chi connectivity index (χ4n) is 3.11. The van der Waals surface area contributed by atoms with Crippen LogP contribution in [0.15, 0.2) is 85.1 Å². The summed E-state index contributed by atoms with van der Waals surface area (Å²) in [4.78, 5) is 28.3. The Balaban J connectivity index is 1.50. The van der Waals surface area contributed by atoms with Gasteiger partial charge in [-0.15, -0.1) is 0 Å². The predicted octanol–water partition coefficient (Wildman–Crippen LogP) is 4.33. The first-order valence-electron chi connectivity index (χ1n) is 8.75. The highest BCUT2D eigenvalue weighted by molar-refractivity contribution is 6.10. The van der Waals surface area contributed by atoms with Crippen LogP contribution >= 0.6 is 0 Å². The molecule has 0 aliphatic rings. The Morgan fingerprint density at radius 2 is 1.48 bits per heavy atom. The van der Waals surface area contributed by atoms with Crippen LogP contribution in [0, 0.1) is 0 Å². The number of carbonyl (C=O) groups is 2. The van der Waals surface area contributed by atoms with Gasteiger partial charge in [-0.1, -0.05) is 60.7 Å². The summed E-state index contributed by atoms with van der Waals surface area (Å²) < 4.78 is 0. The highest BCUT2D eigenvalue weighted by Gasteiger charge is 2.12. The lowest BCUT2D eigenvalue weighted by Gasteiger charge is -2.07. The molecule has 0 saturated carbocycles. The van der Waals surface area contributed by atoms with Gasteiger partial charge in [-0.25, -0.2) is 0 Å². The van der Waals surface area contributed by atoms with Crippen LogP contribution in [0.5, 0.6) is 0 Å². The minimum Gasteiger partial charge on any atom is -0.361 e. The van der Waals surface area contributed by atoms with E-state index < -0.39 is 0 Å². The van der Waals surface area contributed by atoms with Crippen LogP contribution in [0.1, 0.15) is 31.8 Å². The minimum absolute atomic E-state index is 0.0955. The lowest BCUT2D eigenvalue weighted by Crippen LogP contribution is -2.23. The summed E-state index contributed by atoms with van der Waals surface area (Å²) in [6, 6.07) is 23.8. The normalized spacial score (nSPS) is 10.7. The van der Waals surface area contributed by atoms with Gasteiger partial charge in [0.1, 0.15) is 0 Å². The zero-order chi connectivity index (χ0) is 18.6. The Kier molecular flexibility index (Phi) is 4.54. The average Bonchev–Trinajstić information content (AvgIpc) is 3.15. The van der Waals surface area contributed by atoms with Crippen LogP contribution in [-0.4, -0.2) is 16.7 Å². The number of para-hydroxylation sites is 1. The fraction of sp³-hybridized carbons (Fsp3) is 0.0435. The lowest BCUT2D eigenvalue weighted by atomic mass is 10.0. The third-order valence-corrected chi connectivity index (χ3v) is 4.54. The smallest absolute Gasteiger partial charge is 0.251 e. The molecule has 0 atom stereocenters. The second-order valence-electron chi connectivity index (χ2n) is 6.32. The van der Waals surface area contributed by atoms with E-state index >= 15 is 0 Å². The molecule has 3 aromatic carbocycles. The number of nitrogens with one attached hydrogen (secondary N) is 2. The van der Waals surface area contributed by atoms with Crippen LogP contribution in [0.2, 0.25) is 0 Å². The van der Waals surface area contributed by atoms with Gasteiger partial charge >= 0.3 is 0 Å². The fourth-order valence-corrected chi connectivity index (χ4v) is 3.11. The third kappa shape index (κ3) is 3.51.